The van der Waals surface area contributed by atoms with E-state index in [0.29, 0.717) is 24.6 Å². The van der Waals surface area contributed by atoms with Crippen LogP contribution in [0.4, 0.5) is 0 Å². The summed E-state index contributed by atoms with van der Waals surface area (Å²) in [7, 11) is 1.62. The minimum absolute atomic E-state index is 0. The fraction of sp³-hybridized carbons (Fsp3) is 0.357. The van der Waals surface area contributed by atoms with E-state index in [1.165, 1.54) is 0 Å². The topological polar surface area (TPSA) is 106 Å². The molecule has 7 nitrogen and oxygen atoms in total. The van der Waals surface area contributed by atoms with Crippen LogP contribution in [-0.4, -0.2) is 34.2 Å². The Morgan fingerprint density at radius 1 is 1.41 bits per heavy atom. The molecule has 1 aromatic carbocycles. The number of halogens is 1. The van der Waals surface area contributed by atoms with Gasteiger partial charge in [0, 0.05) is 18.0 Å². The third-order valence-corrected chi connectivity index (χ3v) is 2.84. The van der Waals surface area contributed by atoms with Crippen molar-refractivity contribution in [3.8, 4) is 17.1 Å². The van der Waals surface area contributed by atoms with E-state index in [1.807, 2.05) is 24.3 Å². The molecule has 120 valence electrons. The maximum absolute atomic E-state index is 11.5. The molecule has 0 spiro atoms. The van der Waals surface area contributed by atoms with Gasteiger partial charge in [0.2, 0.25) is 5.91 Å². The van der Waals surface area contributed by atoms with E-state index in [2.05, 4.69) is 20.5 Å². The van der Waals surface area contributed by atoms with E-state index < -0.39 is 0 Å². The Hall–Kier alpha value is -2.12. The van der Waals surface area contributed by atoms with Crippen LogP contribution in [0.3, 0.4) is 0 Å². The van der Waals surface area contributed by atoms with Crippen LogP contribution >= 0.6 is 12.4 Å². The summed E-state index contributed by atoms with van der Waals surface area (Å²) in [5.41, 5.74) is 6.43. The Morgan fingerprint density at radius 2 is 2.09 bits per heavy atom. The van der Waals surface area contributed by atoms with Crippen molar-refractivity contribution in [2.24, 2.45) is 5.73 Å². The predicted octanol–water partition coefficient (Wildman–Crippen LogP) is 1.26. The van der Waals surface area contributed by atoms with Gasteiger partial charge < -0.3 is 15.8 Å². The Bertz CT molecular complexity index is 598. The van der Waals surface area contributed by atoms with Crippen LogP contribution in [-0.2, 0) is 11.3 Å². The van der Waals surface area contributed by atoms with E-state index in [9.17, 15) is 4.79 Å². The summed E-state index contributed by atoms with van der Waals surface area (Å²) in [5, 5.41) is 9.67. The van der Waals surface area contributed by atoms with E-state index in [4.69, 9.17) is 10.5 Å². The molecule has 1 amide bonds. The quantitative estimate of drug-likeness (QED) is 0.741. The van der Waals surface area contributed by atoms with Gasteiger partial charge in [-0.25, -0.2) is 4.98 Å². The van der Waals surface area contributed by atoms with Crippen LogP contribution in [0.15, 0.2) is 24.3 Å². The van der Waals surface area contributed by atoms with Crippen LogP contribution in [0.2, 0.25) is 0 Å². The van der Waals surface area contributed by atoms with Crippen molar-refractivity contribution in [2.75, 3.05) is 7.11 Å². The number of carbonyl (C=O) groups is 1. The van der Waals surface area contributed by atoms with Crippen LogP contribution in [0.1, 0.15) is 19.2 Å². The number of carbonyl (C=O) groups excluding carboxylic acids is 1. The van der Waals surface area contributed by atoms with Gasteiger partial charge in [0.05, 0.1) is 13.7 Å². The molecule has 2 aromatic rings. The maximum atomic E-state index is 11.5. The fourth-order valence-corrected chi connectivity index (χ4v) is 1.79. The lowest BCUT2D eigenvalue weighted by atomic mass is 10.2. The highest BCUT2D eigenvalue weighted by atomic mass is 35.5. The van der Waals surface area contributed by atoms with Gasteiger partial charge in [0.15, 0.2) is 5.82 Å². The Balaban J connectivity index is 0.00000242. The summed E-state index contributed by atoms with van der Waals surface area (Å²) in [6.07, 6.45) is 0.291. The van der Waals surface area contributed by atoms with E-state index >= 15 is 0 Å². The normalized spacial score (nSPS) is 11.4. The van der Waals surface area contributed by atoms with E-state index in [-0.39, 0.29) is 24.4 Å². The van der Waals surface area contributed by atoms with Gasteiger partial charge >= 0.3 is 0 Å². The number of nitrogens with two attached hydrogens (primary N) is 1. The fourth-order valence-electron chi connectivity index (χ4n) is 1.79. The number of amides is 1. The van der Waals surface area contributed by atoms with Crippen LogP contribution in [0.5, 0.6) is 5.75 Å². The second-order valence-corrected chi connectivity index (χ2v) is 4.79. The van der Waals surface area contributed by atoms with Gasteiger partial charge in [-0.05, 0) is 31.2 Å². The third-order valence-electron chi connectivity index (χ3n) is 2.84. The third kappa shape index (κ3) is 5.01. The number of nitrogens with zero attached hydrogens (tertiary/aromatic N) is 2. The first-order chi connectivity index (χ1) is 10.1. The number of nitrogens with one attached hydrogen (secondary N) is 2. The average molecular weight is 326 g/mol. The molecule has 1 heterocycles. The molecule has 1 atom stereocenters. The van der Waals surface area contributed by atoms with Crippen molar-refractivity contribution in [3.63, 3.8) is 0 Å². The number of hydrogen-bond acceptors (Lipinski definition) is 5. The van der Waals surface area contributed by atoms with Gasteiger partial charge in [0.1, 0.15) is 11.6 Å². The lowest BCUT2D eigenvalue weighted by molar-refractivity contribution is -0.121. The Labute approximate surface area is 135 Å². The van der Waals surface area contributed by atoms with Gasteiger partial charge in [-0.2, -0.15) is 5.10 Å². The SMILES string of the molecule is COc1ccc(-c2n[nH]c(CNC(=O)CC(C)N)n2)cc1.Cl. The van der Waals surface area contributed by atoms with E-state index in [1.54, 1.807) is 14.0 Å². The summed E-state index contributed by atoms with van der Waals surface area (Å²) in [4.78, 5) is 15.8. The van der Waals surface area contributed by atoms with Crippen LogP contribution in [0, 0.1) is 0 Å². The van der Waals surface area contributed by atoms with Crippen LogP contribution < -0.4 is 15.8 Å². The zero-order chi connectivity index (χ0) is 15.2. The summed E-state index contributed by atoms with van der Waals surface area (Å²) in [5.74, 6) is 1.85. The minimum Gasteiger partial charge on any atom is -0.497 e. The molecule has 1 aromatic heterocycles. The monoisotopic (exact) mass is 325 g/mol. The number of aromatic nitrogens is 3. The number of hydrogen-bond donors (Lipinski definition) is 3. The lowest BCUT2D eigenvalue weighted by Gasteiger charge is -2.04. The molecule has 0 aliphatic carbocycles. The summed E-state index contributed by atoms with van der Waals surface area (Å²) in [6.45, 7) is 2.09. The molecular formula is C14H20ClN5O2. The van der Waals surface area contributed by atoms with Crippen molar-refractivity contribution in [2.45, 2.75) is 25.9 Å². The van der Waals surface area contributed by atoms with E-state index in [0.717, 1.165) is 11.3 Å². The van der Waals surface area contributed by atoms with Crippen molar-refractivity contribution < 1.29 is 9.53 Å². The highest BCUT2D eigenvalue weighted by Crippen LogP contribution is 2.18. The Morgan fingerprint density at radius 3 is 2.68 bits per heavy atom. The summed E-state index contributed by atoms with van der Waals surface area (Å²) in [6, 6.07) is 7.28. The Kier molecular flexibility index (Phi) is 6.81. The summed E-state index contributed by atoms with van der Waals surface area (Å²) >= 11 is 0. The number of aromatic amines is 1. The molecule has 0 aliphatic heterocycles. The van der Waals surface area contributed by atoms with Crippen molar-refractivity contribution in [1.82, 2.24) is 20.5 Å². The molecular weight excluding hydrogens is 306 g/mol. The smallest absolute Gasteiger partial charge is 0.221 e. The second kappa shape index (κ2) is 8.35. The zero-order valence-electron chi connectivity index (χ0n) is 12.5. The van der Waals surface area contributed by atoms with Crippen molar-refractivity contribution in [1.29, 1.82) is 0 Å². The standard InChI is InChI=1S/C14H19N5O2.ClH/c1-9(15)7-13(20)16-8-12-17-14(19-18-12)10-3-5-11(21-2)6-4-10;/h3-6,9H,7-8,15H2,1-2H3,(H,16,20)(H,17,18,19);1H. The van der Waals surface area contributed by atoms with Crippen LogP contribution in [0.25, 0.3) is 11.4 Å². The van der Waals surface area contributed by atoms with Gasteiger partial charge in [-0.3, -0.25) is 9.89 Å². The highest BCUT2D eigenvalue weighted by Gasteiger charge is 2.08. The highest BCUT2D eigenvalue weighted by molar-refractivity contribution is 5.85. The van der Waals surface area contributed by atoms with Gasteiger partial charge in [-0.1, -0.05) is 0 Å². The molecule has 8 heteroatoms. The number of benzene rings is 1. The van der Waals surface area contributed by atoms with Crippen molar-refractivity contribution in [3.05, 3.63) is 30.1 Å². The molecule has 0 bridgehead atoms. The predicted molar refractivity (Wildman–Crippen MR) is 85.7 cm³/mol. The second-order valence-electron chi connectivity index (χ2n) is 4.79. The number of ether oxygens (including phenoxy) is 1. The number of rotatable bonds is 6. The number of methoxy groups -OCH3 is 1. The molecule has 22 heavy (non-hydrogen) atoms. The molecule has 0 saturated heterocycles. The average Bonchev–Trinajstić information content (AvgIpc) is 2.93. The largest absolute Gasteiger partial charge is 0.497 e. The molecule has 4 N–H and O–H groups in total. The number of H-pyrrole nitrogens is 1. The maximum Gasteiger partial charge on any atom is 0.221 e. The zero-order valence-corrected chi connectivity index (χ0v) is 13.3. The lowest BCUT2D eigenvalue weighted by Crippen LogP contribution is -2.29. The first-order valence-electron chi connectivity index (χ1n) is 6.66. The molecule has 1 unspecified atom stereocenters. The summed E-state index contributed by atoms with van der Waals surface area (Å²) < 4.78 is 5.10. The molecule has 0 saturated carbocycles. The minimum atomic E-state index is -0.158. The molecule has 0 aliphatic rings. The molecule has 0 fully saturated rings. The van der Waals surface area contributed by atoms with Crippen molar-refractivity contribution >= 4 is 18.3 Å². The van der Waals surface area contributed by atoms with Gasteiger partial charge in [0.25, 0.3) is 0 Å². The first kappa shape index (κ1) is 17.9. The first-order valence-corrected chi connectivity index (χ1v) is 6.66. The molecule has 0 radical (unpaired) electrons. The molecule has 2 rings (SSSR count). The van der Waals surface area contributed by atoms with Gasteiger partial charge in [-0.15, -0.1) is 12.4 Å².